The van der Waals surface area contributed by atoms with Gasteiger partial charge in [0.05, 0.1) is 12.2 Å². The summed E-state index contributed by atoms with van der Waals surface area (Å²) in [5.41, 5.74) is -1.35. The van der Waals surface area contributed by atoms with Crippen LogP contribution >= 0.6 is 0 Å². The Morgan fingerprint density at radius 3 is 2.48 bits per heavy atom. The van der Waals surface area contributed by atoms with Gasteiger partial charge in [-0.05, 0) is 30.7 Å². The Bertz CT molecular complexity index is 553. The fourth-order valence-corrected chi connectivity index (χ4v) is 1.31. The Balaban J connectivity index is 0.00000400. The standard InChI is InChI=1S/C13H11F3O4.Li/c1-2-20-12(19)11(18)7-10(17)8-4-3-5-9(6-8)13(14,15)16;/h3-7,17H,2H2,1H3;/q;+1/p-1/b10-7+;. The van der Waals surface area contributed by atoms with E-state index in [9.17, 15) is 27.9 Å². The predicted molar refractivity (Wildman–Crippen MR) is 61.1 cm³/mol. The van der Waals surface area contributed by atoms with Crippen molar-refractivity contribution in [2.75, 3.05) is 6.61 Å². The number of esters is 1. The van der Waals surface area contributed by atoms with E-state index in [4.69, 9.17) is 0 Å². The van der Waals surface area contributed by atoms with Gasteiger partial charge in [0, 0.05) is 0 Å². The molecule has 4 nitrogen and oxygen atoms in total. The average Bonchev–Trinajstić information content (AvgIpc) is 2.38. The van der Waals surface area contributed by atoms with Crippen LogP contribution in [0, 0.1) is 0 Å². The van der Waals surface area contributed by atoms with E-state index >= 15 is 0 Å². The number of halogens is 3. The van der Waals surface area contributed by atoms with Crippen molar-refractivity contribution < 1.29 is 51.5 Å². The molecule has 0 aromatic heterocycles. The Morgan fingerprint density at radius 2 is 1.95 bits per heavy atom. The molecule has 0 unspecified atom stereocenters. The number of carbonyl (C=O) groups is 2. The molecular formula is C13H10F3LiO4. The van der Waals surface area contributed by atoms with Crippen molar-refractivity contribution in [1.29, 1.82) is 0 Å². The van der Waals surface area contributed by atoms with Gasteiger partial charge in [0.1, 0.15) is 0 Å². The van der Waals surface area contributed by atoms with E-state index in [0.717, 1.165) is 18.2 Å². The molecule has 21 heavy (non-hydrogen) atoms. The molecule has 0 heterocycles. The van der Waals surface area contributed by atoms with Crippen molar-refractivity contribution in [3.63, 3.8) is 0 Å². The van der Waals surface area contributed by atoms with E-state index < -0.39 is 29.3 Å². The number of ether oxygens (including phenoxy) is 1. The second-order valence-corrected chi connectivity index (χ2v) is 3.67. The van der Waals surface area contributed by atoms with Gasteiger partial charge >= 0.3 is 31.0 Å². The summed E-state index contributed by atoms with van der Waals surface area (Å²) in [5, 5.41) is 11.6. The van der Waals surface area contributed by atoms with Gasteiger partial charge in [-0.1, -0.05) is 17.9 Å². The van der Waals surface area contributed by atoms with Gasteiger partial charge in [-0.25, -0.2) is 4.79 Å². The van der Waals surface area contributed by atoms with Crippen molar-refractivity contribution >= 4 is 17.5 Å². The minimum absolute atomic E-state index is 0. The molecule has 108 valence electrons. The molecule has 0 aliphatic rings. The van der Waals surface area contributed by atoms with Crippen LogP contribution in [0.4, 0.5) is 13.2 Å². The van der Waals surface area contributed by atoms with Crippen LogP contribution in [0.25, 0.3) is 5.76 Å². The summed E-state index contributed by atoms with van der Waals surface area (Å²) < 4.78 is 41.7. The van der Waals surface area contributed by atoms with Crippen molar-refractivity contribution in [3.05, 3.63) is 41.5 Å². The van der Waals surface area contributed by atoms with Crippen LogP contribution in [0.3, 0.4) is 0 Å². The minimum Gasteiger partial charge on any atom is -0.872 e. The Labute approximate surface area is 130 Å². The first-order chi connectivity index (χ1) is 9.25. The summed E-state index contributed by atoms with van der Waals surface area (Å²) >= 11 is 0. The van der Waals surface area contributed by atoms with Gasteiger partial charge < -0.3 is 9.84 Å². The molecule has 0 amide bonds. The van der Waals surface area contributed by atoms with Crippen LogP contribution in [-0.4, -0.2) is 18.4 Å². The fraction of sp³-hybridized carbons (Fsp3) is 0.231. The van der Waals surface area contributed by atoms with Crippen LogP contribution in [0.2, 0.25) is 0 Å². The molecule has 0 radical (unpaired) electrons. The van der Waals surface area contributed by atoms with Crippen LogP contribution < -0.4 is 24.0 Å². The minimum atomic E-state index is -4.60. The van der Waals surface area contributed by atoms with Gasteiger partial charge in [0.15, 0.2) is 0 Å². The Morgan fingerprint density at radius 1 is 1.33 bits per heavy atom. The SMILES string of the molecule is CCOC(=O)C(=O)/C=C(/[O-])c1cccc(C(F)(F)F)c1.[Li+]. The molecule has 0 saturated heterocycles. The van der Waals surface area contributed by atoms with E-state index in [1.165, 1.54) is 6.92 Å². The Hall–Kier alpha value is -1.71. The molecular weight excluding hydrogens is 284 g/mol. The quantitative estimate of drug-likeness (QED) is 0.224. The number of alkyl halides is 3. The maximum Gasteiger partial charge on any atom is 1.00 e. The van der Waals surface area contributed by atoms with Crippen molar-refractivity contribution in [1.82, 2.24) is 0 Å². The summed E-state index contributed by atoms with van der Waals surface area (Å²) in [6.45, 7) is 1.43. The smallest absolute Gasteiger partial charge is 0.872 e. The third-order valence-electron chi connectivity index (χ3n) is 2.21. The number of benzene rings is 1. The molecule has 0 atom stereocenters. The predicted octanol–water partition coefficient (Wildman–Crippen LogP) is -1.46. The zero-order valence-corrected chi connectivity index (χ0v) is 11.4. The van der Waals surface area contributed by atoms with Crippen LogP contribution in [0.5, 0.6) is 0 Å². The molecule has 8 heteroatoms. The van der Waals surface area contributed by atoms with E-state index in [1.807, 2.05) is 0 Å². The molecule has 1 rings (SSSR count). The number of ketones is 1. The summed E-state index contributed by atoms with van der Waals surface area (Å²) in [5.74, 6) is -3.43. The molecule has 0 aliphatic carbocycles. The zero-order valence-electron chi connectivity index (χ0n) is 11.4. The molecule has 0 aliphatic heterocycles. The van der Waals surface area contributed by atoms with Crippen molar-refractivity contribution in [2.45, 2.75) is 13.1 Å². The summed E-state index contributed by atoms with van der Waals surface area (Å²) in [6, 6.07) is 3.56. The maximum atomic E-state index is 12.5. The van der Waals surface area contributed by atoms with Crippen molar-refractivity contribution in [3.8, 4) is 0 Å². The first kappa shape index (κ1) is 19.3. The van der Waals surface area contributed by atoms with Gasteiger partial charge in [-0.15, -0.1) is 0 Å². The first-order valence-corrected chi connectivity index (χ1v) is 5.53. The van der Waals surface area contributed by atoms with Crippen LogP contribution in [0.1, 0.15) is 18.1 Å². The first-order valence-electron chi connectivity index (χ1n) is 5.53. The summed E-state index contributed by atoms with van der Waals surface area (Å²) in [7, 11) is 0. The monoisotopic (exact) mass is 294 g/mol. The average molecular weight is 294 g/mol. The fourth-order valence-electron chi connectivity index (χ4n) is 1.31. The van der Waals surface area contributed by atoms with E-state index in [0.29, 0.717) is 12.1 Å². The molecule has 0 spiro atoms. The summed E-state index contributed by atoms with van der Waals surface area (Å²) in [6.07, 6.45) is -4.19. The molecule has 0 saturated carbocycles. The van der Waals surface area contributed by atoms with Gasteiger partial charge in [-0.3, -0.25) is 4.79 Å². The second-order valence-electron chi connectivity index (χ2n) is 3.67. The molecule has 0 N–H and O–H groups in total. The number of hydrogen-bond donors (Lipinski definition) is 0. The van der Waals surface area contributed by atoms with Gasteiger partial charge in [-0.2, -0.15) is 13.2 Å². The third-order valence-corrected chi connectivity index (χ3v) is 2.21. The van der Waals surface area contributed by atoms with Crippen LogP contribution in [-0.2, 0) is 20.5 Å². The zero-order chi connectivity index (χ0) is 15.3. The van der Waals surface area contributed by atoms with E-state index in [2.05, 4.69) is 4.74 Å². The van der Waals surface area contributed by atoms with Crippen molar-refractivity contribution in [2.24, 2.45) is 0 Å². The number of carbonyl (C=O) groups excluding carboxylic acids is 2. The largest absolute Gasteiger partial charge is 1.00 e. The van der Waals surface area contributed by atoms with Gasteiger partial charge in [0.2, 0.25) is 0 Å². The normalized spacial score (nSPS) is 11.5. The number of rotatable bonds is 4. The third kappa shape index (κ3) is 5.66. The van der Waals surface area contributed by atoms with Crippen LogP contribution in [0.15, 0.2) is 30.3 Å². The molecule has 1 aromatic rings. The molecule has 0 bridgehead atoms. The Kier molecular flexibility index (Phi) is 7.26. The summed E-state index contributed by atoms with van der Waals surface area (Å²) in [4.78, 5) is 22.2. The molecule has 1 aromatic carbocycles. The van der Waals surface area contributed by atoms with E-state index in [1.54, 1.807) is 0 Å². The van der Waals surface area contributed by atoms with Gasteiger partial charge in [0.25, 0.3) is 5.78 Å². The second kappa shape index (κ2) is 7.91. The molecule has 0 fully saturated rings. The maximum absolute atomic E-state index is 12.5. The number of hydrogen-bond acceptors (Lipinski definition) is 4. The topological polar surface area (TPSA) is 66.4 Å². The van der Waals surface area contributed by atoms with E-state index in [-0.39, 0.29) is 31.0 Å².